The van der Waals surface area contributed by atoms with Gasteiger partial charge in [-0.15, -0.1) is 0 Å². The lowest BCUT2D eigenvalue weighted by atomic mass is 10.0. The molecule has 128 valence electrons. The second-order valence-corrected chi connectivity index (χ2v) is 6.92. The topological polar surface area (TPSA) is 96.7 Å². The number of nitrogens with one attached hydrogen (secondary N) is 2. The summed E-state index contributed by atoms with van der Waals surface area (Å²) in [5.74, 6) is -0.0202. The number of amides is 1. The molecule has 3 rings (SSSR count). The number of rotatable bonds is 4. The lowest BCUT2D eigenvalue weighted by molar-refractivity contribution is 0.100. The van der Waals surface area contributed by atoms with Crippen LogP contribution in [-0.2, 0) is 0 Å². The minimum Gasteiger partial charge on any atom is -0.365 e. The zero-order chi connectivity index (χ0) is 18.1. The van der Waals surface area contributed by atoms with Gasteiger partial charge in [-0.1, -0.05) is 17.7 Å². The fourth-order valence-corrected chi connectivity index (χ4v) is 3.69. The van der Waals surface area contributed by atoms with Crippen LogP contribution in [0.1, 0.15) is 15.9 Å². The van der Waals surface area contributed by atoms with Gasteiger partial charge in [-0.25, -0.2) is 9.97 Å². The quantitative estimate of drug-likeness (QED) is 0.508. The summed E-state index contributed by atoms with van der Waals surface area (Å²) in [6.07, 6.45) is 1.65. The number of carbonyl (C=O) groups excluding carboxylic acids is 1. The summed E-state index contributed by atoms with van der Waals surface area (Å²) in [4.78, 5) is 23.9. The lowest BCUT2D eigenvalue weighted by Crippen LogP contribution is -2.13. The third kappa shape index (κ3) is 3.34. The second kappa shape index (κ2) is 7.01. The molecule has 0 spiro atoms. The van der Waals surface area contributed by atoms with E-state index in [9.17, 15) is 4.79 Å². The number of carbonyl (C=O) groups is 1. The fourth-order valence-electron chi connectivity index (χ4n) is 2.57. The minimum absolute atomic E-state index is 0.422. The van der Waals surface area contributed by atoms with Gasteiger partial charge in [0.25, 0.3) is 5.91 Å². The SMILES string of the molecule is CNc1nccc(-c2[nH]c(-c3cc(Cl)ccc3C)c(C(N)=O)c2I)n1. The van der Waals surface area contributed by atoms with Crippen molar-refractivity contribution >= 4 is 46.0 Å². The van der Waals surface area contributed by atoms with Crippen molar-refractivity contribution in [3.63, 3.8) is 0 Å². The number of primary amides is 1. The van der Waals surface area contributed by atoms with Crippen LogP contribution < -0.4 is 11.1 Å². The molecule has 0 unspecified atom stereocenters. The summed E-state index contributed by atoms with van der Waals surface area (Å²) < 4.78 is 0.709. The van der Waals surface area contributed by atoms with E-state index in [1.807, 2.05) is 25.1 Å². The molecule has 3 aromatic rings. The Hall–Kier alpha value is -2.13. The van der Waals surface area contributed by atoms with E-state index in [4.69, 9.17) is 17.3 Å². The van der Waals surface area contributed by atoms with E-state index in [2.05, 4.69) is 42.9 Å². The summed E-state index contributed by atoms with van der Waals surface area (Å²) in [6, 6.07) is 7.30. The summed E-state index contributed by atoms with van der Waals surface area (Å²) in [7, 11) is 1.74. The number of aromatic amines is 1. The summed E-state index contributed by atoms with van der Waals surface area (Å²) >= 11 is 8.25. The Bertz CT molecular complexity index is 970. The molecule has 0 aliphatic rings. The number of anilines is 1. The van der Waals surface area contributed by atoms with Crippen LogP contribution in [0.15, 0.2) is 30.5 Å². The van der Waals surface area contributed by atoms with Gasteiger partial charge in [0.05, 0.1) is 26.2 Å². The lowest BCUT2D eigenvalue weighted by Gasteiger charge is -2.06. The average Bonchev–Trinajstić information content (AvgIpc) is 2.94. The molecule has 2 heterocycles. The predicted molar refractivity (Wildman–Crippen MR) is 108 cm³/mol. The van der Waals surface area contributed by atoms with Gasteiger partial charge in [-0.05, 0) is 53.3 Å². The standard InChI is InChI=1S/C17H15ClIN5O/c1-8-3-4-9(18)7-10(8)14-12(16(20)25)13(19)15(24-14)11-5-6-22-17(21-2)23-11/h3-7,24H,1-2H3,(H2,20,25)(H,21,22,23). The van der Waals surface area contributed by atoms with Gasteiger partial charge < -0.3 is 16.0 Å². The molecular formula is C17H15ClIN5O. The van der Waals surface area contributed by atoms with E-state index in [1.54, 1.807) is 19.3 Å². The van der Waals surface area contributed by atoms with Gasteiger partial charge in [0.1, 0.15) is 0 Å². The predicted octanol–water partition coefficient (Wildman–Crippen LogP) is 3.85. The van der Waals surface area contributed by atoms with Crippen molar-refractivity contribution in [1.82, 2.24) is 15.0 Å². The highest BCUT2D eigenvalue weighted by molar-refractivity contribution is 14.1. The second-order valence-electron chi connectivity index (χ2n) is 5.40. The number of H-pyrrole nitrogens is 1. The zero-order valence-electron chi connectivity index (χ0n) is 13.5. The average molecular weight is 468 g/mol. The first-order valence-corrected chi connectivity index (χ1v) is 8.87. The van der Waals surface area contributed by atoms with Crippen LogP contribution in [0.4, 0.5) is 5.95 Å². The maximum atomic E-state index is 12.1. The van der Waals surface area contributed by atoms with Crippen LogP contribution in [0.3, 0.4) is 0 Å². The summed E-state index contributed by atoms with van der Waals surface area (Å²) in [5, 5.41) is 3.49. The molecule has 1 amide bonds. The highest BCUT2D eigenvalue weighted by Gasteiger charge is 2.23. The molecule has 6 nitrogen and oxygen atoms in total. The Kier molecular flexibility index (Phi) is 4.96. The molecule has 0 atom stereocenters. The Morgan fingerprint density at radius 3 is 2.76 bits per heavy atom. The monoisotopic (exact) mass is 467 g/mol. The normalized spacial score (nSPS) is 10.7. The molecule has 0 saturated carbocycles. The Morgan fingerprint density at radius 1 is 1.32 bits per heavy atom. The largest absolute Gasteiger partial charge is 0.365 e. The third-order valence-electron chi connectivity index (χ3n) is 3.79. The van der Waals surface area contributed by atoms with E-state index in [-0.39, 0.29) is 0 Å². The molecule has 0 aliphatic carbocycles. The van der Waals surface area contributed by atoms with Crippen LogP contribution in [0.2, 0.25) is 5.02 Å². The maximum absolute atomic E-state index is 12.1. The van der Waals surface area contributed by atoms with Gasteiger partial charge in [-0.3, -0.25) is 4.79 Å². The van der Waals surface area contributed by atoms with Crippen LogP contribution >= 0.6 is 34.2 Å². The number of aromatic nitrogens is 3. The maximum Gasteiger partial charge on any atom is 0.251 e. The van der Waals surface area contributed by atoms with E-state index in [0.717, 1.165) is 11.1 Å². The van der Waals surface area contributed by atoms with Gasteiger partial charge in [0.15, 0.2) is 0 Å². The molecule has 4 N–H and O–H groups in total. The zero-order valence-corrected chi connectivity index (χ0v) is 16.4. The van der Waals surface area contributed by atoms with Gasteiger partial charge in [-0.2, -0.15) is 0 Å². The van der Waals surface area contributed by atoms with Crippen LogP contribution in [0.5, 0.6) is 0 Å². The molecule has 1 aromatic carbocycles. The van der Waals surface area contributed by atoms with E-state index < -0.39 is 5.91 Å². The molecular weight excluding hydrogens is 453 g/mol. The van der Waals surface area contributed by atoms with Crippen molar-refractivity contribution < 1.29 is 4.79 Å². The van der Waals surface area contributed by atoms with Crippen molar-refractivity contribution in [2.24, 2.45) is 5.73 Å². The van der Waals surface area contributed by atoms with Crippen molar-refractivity contribution in [2.75, 3.05) is 12.4 Å². The van der Waals surface area contributed by atoms with Crippen LogP contribution in [-0.4, -0.2) is 27.9 Å². The number of hydrogen-bond donors (Lipinski definition) is 3. The highest BCUT2D eigenvalue weighted by atomic mass is 127. The number of nitrogens with two attached hydrogens (primary N) is 1. The molecule has 0 bridgehead atoms. The van der Waals surface area contributed by atoms with Gasteiger partial charge >= 0.3 is 0 Å². The Morgan fingerprint density at radius 2 is 2.08 bits per heavy atom. The number of nitrogens with zero attached hydrogens (tertiary/aromatic N) is 2. The molecule has 25 heavy (non-hydrogen) atoms. The molecule has 8 heteroatoms. The number of aryl methyl sites for hydroxylation is 1. The highest BCUT2D eigenvalue weighted by Crippen LogP contribution is 2.36. The molecule has 0 fully saturated rings. The summed E-state index contributed by atoms with van der Waals surface area (Å²) in [5.41, 5.74) is 9.89. The van der Waals surface area contributed by atoms with Crippen molar-refractivity contribution in [1.29, 1.82) is 0 Å². The van der Waals surface area contributed by atoms with Gasteiger partial charge in [0, 0.05) is 23.8 Å². The number of hydrogen-bond acceptors (Lipinski definition) is 4. The first kappa shape index (κ1) is 17.7. The van der Waals surface area contributed by atoms with Crippen molar-refractivity contribution in [3.05, 3.63) is 50.2 Å². The molecule has 2 aromatic heterocycles. The first-order valence-electron chi connectivity index (χ1n) is 7.41. The number of benzene rings is 1. The summed E-state index contributed by atoms with van der Waals surface area (Å²) in [6.45, 7) is 1.95. The van der Waals surface area contributed by atoms with E-state index in [1.165, 1.54) is 0 Å². The molecule has 0 radical (unpaired) electrons. The molecule has 0 aliphatic heterocycles. The molecule has 0 saturated heterocycles. The van der Waals surface area contributed by atoms with Gasteiger partial charge in [0.2, 0.25) is 5.95 Å². The number of halogens is 2. The Balaban J connectivity index is 2.27. The smallest absolute Gasteiger partial charge is 0.251 e. The first-order chi connectivity index (χ1) is 11.9. The fraction of sp³-hybridized carbons (Fsp3) is 0.118. The van der Waals surface area contributed by atoms with Crippen molar-refractivity contribution in [3.8, 4) is 22.6 Å². The van der Waals surface area contributed by atoms with E-state index in [0.29, 0.717) is 37.2 Å². The van der Waals surface area contributed by atoms with Crippen LogP contribution in [0.25, 0.3) is 22.6 Å². The van der Waals surface area contributed by atoms with Crippen LogP contribution in [0, 0.1) is 10.5 Å². The van der Waals surface area contributed by atoms with Crippen molar-refractivity contribution in [2.45, 2.75) is 6.92 Å². The Labute approximate surface area is 163 Å². The minimum atomic E-state index is -0.510. The third-order valence-corrected chi connectivity index (χ3v) is 5.10. The van der Waals surface area contributed by atoms with E-state index >= 15 is 0 Å².